The Morgan fingerprint density at radius 2 is 2.04 bits per heavy atom. The van der Waals surface area contributed by atoms with Crippen molar-refractivity contribution in [2.75, 3.05) is 39.0 Å². The van der Waals surface area contributed by atoms with Gasteiger partial charge in [-0.25, -0.2) is 0 Å². The van der Waals surface area contributed by atoms with Crippen LogP contribution in [0.15, 0.2) is 22.7 Å². The molecule has 1 amide bonds. The second-order valence-electron chi connectivity index (χ2n) is 6.08. The molecule has 1 aliphatic rings. The number of nitrogen functional groups attached to an aromatic ring is 1. The van der Waals surface area contributed by atoms with Crippen LogP contribution >= 0.6 is 11.6 Å². The van der Waals surface area contributed by atoms with Crippen molar-refractivity contribution in [3.8, 4) is 5.75 Å². The van der Waals surface area contributed by atoms with E-state index in [4.69, 9.17) is 26.6 Å². The number of ether oxygens (including phenoxy) is 1. The second kappa shape index (κ2) is 7.33. The van der Waals surface area contributed by atoms with E-state index < -0.39 is 0 Å². The number of anilines is 1. The van der Waals surface area contributed by atoms with Gasteiger partial charge in [0.05, 0.1) is 35.6 Å². The zero-order valence-electron chi connectivity index (χ0n) is 14.3. The van der Waals surface area contributed by atoms with E-state index in [0.717, 1.165) is 24.5 Å². The van der Waals surface area contributed by atoms with Crippen molar-refractivity contribution in [3.05, 3.63) is 40.2 Å². The normalized spacial score (nSPS) is 15.4. The number of methoxy groups -OCH3 is 1. The molecule has 25 heavy (non-hydrogen) atoms. The predicted molar refractivity (Wildman–Crippen MR) is 94.8 cm³/mol. The molecule has 0 unspecified atom stereocenters. The van der Waals surface area contributed by atoms with Gasteiger partial charge < -0.3 is 19.9 Å². The molecule has 2 N–H and O–H groups in total. The van der Waals surface area contributed by atoms with Crippen LogP contribution in [0.1, 0.15) is 21.8 Å². The summed E-state index contributed by atoms with van der Waals surface area (Å²) in [4.78, 5) is 16.8. The number of aryl methyl sites for hydroxylation is 1. The van der Waals surface area contributed by atoms with E-state index in [1.807, 2.05) is 13.0 Å². The van der Waals surface area contributed by atoms with Gasteiger partial charge in [0.25, 0.3) is 5.91 Å². The van der Waals surface area contributed by atoms with E-state index in [2.05, 4.69) is 10.1 Å². The summed E-state index contributed by atoms with van der Waals surface area (Å²) in [5.74, 6) is 1.17. The Morgan fingerprint density at radius 3 is 2.64 bits per heavy atom. The average molecular weight is 365 g/mol. The Balaban J connectivity index is 1.64. The summed E-state index contributed by atoms with van der Waals surface area (Å²) in [7, 11) is 1.51. The third-order valence-electron chi connectivity index (χ3n) is 4.26. The first-order chi connectivity index (χ1) is 12.0. The average Bonchev–Trinajstić information content (AvgIpc) is 3.02. The molecule has 134 valence electrons. The van der Waals surface area contributed by atoms with Crippen molar-refractivity contribution < 1.29 is 14.1 Å². The van der Waals surface area contributed by atoms with E-state index in [0.29, 0.717) is 41.7 Å². The van der Waals surface area contributed by atoms with E-state index in [-0.39, 0.29) is 5.91 Å². The third-order valence-corrected chi connectivity index (χ3v) is 4.59. The van der Waals surface area contributed by atoms with Gasteiger partial charge in [-0.1, -0.05) is 16.8 Å². The van der Waals surface area contributed by atoms with Gasteiger partial charge in [-0.15, -0.1) is 0 Å². The van der Waals surface area contributed by atoms with Crippen LogP contribution in [0.25, 0.3) is 0 Å². The van der Waals surface area contributed by atoms with E-state index in [9.17, 15) is 4.79 Å². The van der Waals surface area contributed by atoms with Gasteiger partial charge in [-0.2, -0.15) is 0 Å². The zero-order valence-corrected chi connectivity index (χ0v) is 15.0. The molecule has 1 aromatic carbocycles. The Labute approximate surface area is 151 Å². The highest BCUT2D eigenvalue weighted by Crippen LogP contribution is 2.30. The maximum absolute atomic E-state index is 12.8. The number of nitrogens with zero attached hydrogens (tertiary/aromatic N) is 3. The van der Waals surface area contributed by atoms with Crippen LogP contribution in [0.3, 0.4) is 0 Å². The smallest absolute Gasteiger partial charge is 0.257 e. The lowest BCUT2D eigenvalue weighted by atomic mass is 10.1. The number of hydrogen-bond acceptors (Lipinski definition) is 6. The Kier molecular flexibility index (Phi) is 5.15. The number of nitrogens with two attached hydrogens (primary N) is 1. The van der Waals surface area contributed by atoms with Gasteiger partial charge in [-0.05, 0) is 13.0 Å². The molecule has 0 bridgehead atoms. The summed E-state index contributed by atoms with van der Waals surface area (Å²) in [6.07, 6.45) is 0. The van der Waals surface area contributed by atoms with Crippen LogP contribution in [0.5, 0.6) is 5.75 Å². The number of benzene rings is 1. The first-order valence-electron chi connectivity index (χ1n) is 8.04. The quantitative estimate of drug-likeness (QED) is 0.837. The summed E-state index contributed by atoms with van der Waals surface area (Å²) in [5.41, 5.74) is 7.47. The van der Waals surface area contributed by atoms with Gasteiger partial charge in [0, 0.05) is 38.3 Å². The Morgan fingerprint density at radius 1 is 1.32 bits per heavy atom. The number of carbonyl (C=O) groups is 1. The Hall–Kier alpha value is -2.25. The molecule has 1 aliphatic heterocycles. The van der Waals surface area contributed by atoms with Gasteiger partial charge in [0.1, 0.15) is 5.75 Å². The van der Waals surface area contributed by atoms with Crippen molar-refractivity contribution >= 4 is 23.2 Å². The molecule has 1 saturated heterocycles. The summed E-state index contributed by atoms with van der Waals surface area (Å²) >= 11 is 6.07. The van der Waals surface area contributed by atoms with Crippen molar-refractivity contribution in [1.82, 2.24) is 15.0 Å². The maximum Gasteiger partial charge on any atom is 0.257 e. The summed E-state index contributed by atoms with van der Waals surface area (Å²) in [6, 6.07) is 5.08. The molecule has 1 aromatic heterocycles. The largest absolute Gasteiger partial charge is 0.496 e. The highest BCUT2D eigenvalue weighted by atomic mass is 35.5. The molecule has 0 aliphatic carbocycles. The summed E-state index contributed by atoms with van der Waals surface area (Å²) < 4.78 is 10.5. The molecule has 0 spiro atoms. The molecular weight excluding hydrogens is 344 g/mol. The van der Waals surface area contributed by atoms with Crippen LogP contribution in [-0.4, -0.2) is 54.2 Å². The predicted octanol–water partition coefficient (Wildman–Crippen LogP) is 2.19. The topological polar surface area (TPSA) is 84.8 Å². The van der Waals surface area contributed by atoms with Crippen molar-refractivity contribution in [2.24, 2.45) is 0 Å². The molecule has 2 aromatic rings. The van der Waals surface area contributed by atoms with Crippen molar-refractivity contribution in [3.63, 3.8) is 0 Å². The van der Waals surface area contributed by atoms with Crippen molar-refractivity contribution in [1.29, 1.82) is 0 Å². The third kappa shape index (κ3) is 3.88. The number of piperazine rings is 1. The second-order valence-corrected chi connectivity index (χ2v) is 6.48. The number of amides is 1. The molecule has 0 radical (unpaired) electrons. The maximum atomic E-state index is 12.8. The van der Waals surface area contributed by atoms with Crippen LogP contribution in [-0.2, 0) is 6.54 Å². The van der Waals surface area contributed by atoms with Crippen LogP contribution in [0, 0.1) is 6.92 Å². The lowest BCUT2D eigenvalue weighted by molar-refractivity contribution is 0.0614. The fourth-order valence-corrected chi connectivity index (χ4v) is 3.06. The van der Waals surface area contributed by atoms with E-state index in [1.54, 1.807) is 17.0 Å². The number of aromatic nitrogens is 1. The highest BCUT2D eigenvalue weighted by Gasteiger charge is 2.25. The molecule has 0 atom stereocenters. The highest BCUT2D eigenvalue weighted by molar-refractivity contribution is 6.33. The first-order valence-corrected chi connectivity index (χ1v) is 8.42. The number of halogens is 1. The molecule has 1 fully saturated rings. The summed E-state index contributed by atoms with van der Waals surface area (Å²) in [6.45, 7) is 5.36. The standard InChI is InChI=1S/C17H21ClN4O3/c1-11-7-12(25-20-11)10-21-3-5-22(6-4-21)17(23)13-8-14(18)15(19)9-16(13)24-2/h7-9H,3-6,10,19H2,1-2H3. The Bertz CT molecular complexity index is 769. The van der Waals surface area contributed by atoms with Crippen LogP contribution in [0.4, 0.5) is 5.69 Å². The molecular formula is C17H21ClN4O3. The monoisotopic (exact) mass is 364 g/mol. The van der Waals surface area contributed by atoms with Crippen molar-refractivity contribution in [2.45, 2.75) is 13.5 Å². The minimum Gasteiger partial charge on any atom is -0.496 e. The molecule has 2 heterocycles. The zero-order chi connectivity index (χ0) is 18.0. The SMILES string of the molecule is COc1cc(N)c(Cl)cc1C(=O)N1CCN(Cc2cc(C)no2)CC1. The van der Waals surface area contributed by atoms with Gasteiger partial charge in [-0.3, -0.25) is 9.69 Å². The first kappa shape index (κ1) is 17.6. The van der Waals surface area contributed by atoms with Gasteiger partial charge in [0.15, 0.2) is 5.76 Å². The fraction of sp³-hybridized carbons (Fsp3) is 0.412. The fourth-order valence-electron chi connectivity index (χ4n) is 2.90. The van der Waals surface area contributed by atoms with Gasteiger partial charge in [0.2, 0.25) is 0 Å². The molecule has 3 rings (SSSR count). The molecule has 0 saturated carbocycles. The lowest BCUT2D eigenvalue weighted by Gasteiger charge is -2.34. The van der Waals surface area contributed by atoms with E-state index in [1.165, 1.54) is 7.11 Å². The molecule has 7 nitrogen and oxygen atoms in total. The van der Waals surface area contributed by atoms with E-state index >= 15 is 0 Å². The molecule has 8 heteroatoms. The number of carbonyl (C=O) groups excluding carboxylic acids is 1. The lowest BCUT2D eigenvalue weighted by Crippen LogP contribution is -2.48. The van der Waals surface area contributed by atoms with Gasteiger partial charge >= 0.3 is 0 Å². The number of hydrogen-bond donors (Lipinski definition) is 1. The van der Waals surface area contributed by atoms with Crippen LogP contribution in [0.2, 0.25) is 5.02 Å². The minimum atomic E-state index is -0.103. The number of rotatable bonds is 4. The minimum absolute atomic E-state index is 0.103. The van der Waals surface area contributed by atoms with Crippen LogP contribution < -0.4 is 10.5 Å². The summed E-state index contributed by atoms with van der Waals surface area (Å²) in [5, 5.41) is 4.25.